The van der Waals surface area contributed by atoms with Crippen LogP contribution in [-0.4, -0.2) is 43.9 Å². The van der Waals surface area contributed by atoms with Gasteiger partial charge in [0.2, 0.25) is 5.91 Å². The standard InChI is InChI=1S/C15H23BrN2O3/c1-15(2,14(20)17-3)10-18-8-12(19)9-21-13-6-4-5-11(16)7-13/h4-7,12,18-19H,8-10H2,1-3H3,(H,17,20). The van der Waals surface area contributed by atoms with Gasteiger partial charge < -0.3 is 20.5 Å². The Morgan fingerprint density at radius 3 is 2.81 bits per heavy atom. The van der Waals surface area contributed by atoms with Gasteiger partial charge in [0.15, 0.2) is 0 Å². The predicted octanol–water partition coefficient (Wildman–Crippen LogP) is 1.55. The molecule has 0 aliphatic carbocycles. The predicted molar refractivity (Wildman–Crippen MR) is 86.4 cm³/mol. The molecule has 118 valence electrons. The van der Waals surface area contributed by atoms with E-state index in [0.29, 0.717) is 18.8 Å². The molecule has 0 fully saturated rings. The molecule has 21 heavy (non-hydrogen) atoms. The number of carbonyl (C=O) groups is 1. The molecule has 0 spiro atoms. The van der Waals surface area contributed by atoms with E-state index in [1.54, 1.807) is 7.05 Å². The number of carbonyl (C=O) groups excluding carboxylic acids is 1. The molecule has 1 amide bonds. The second-order valence-corrected chi connectivity index (χ2v) is 6.43. The smallest absolute Gasteiger partial charge is 0.226 e. The maximum absolute atomic E-state index is 11.6. The van der Waals surface area contributed by atoms with E-state index < -0.39 is 11.5 Å². The van der Waals surface area contributed by atoms with Crippen LogP contribution < -0.4 is 15.4 Å². The Hall–Kier alpha value is -1.11. The van der Waals surface area contributed by atoms with E-state index in [0.717, 1.165) is 4.47 Å². The first-order valence-electron chi connectivity index (χ1n) is 6.84. The van der Waals surface area contributed by atoms with Crippen molar-refractivity contribution in [3.63, 3.8) is 0 Å². The van der Waals surface area contributed by atoms with E-state index >= 15 is 0 Å². The van der Waals surface area contributed by atoms with Crippen LogP contribution in [0.1, 0.15) is 13.8 Å². The number of halogens is 1. The van der Waals surface area contributed by atoms with Crippen LogP contribution in [0.2, 0.25) is 0 Å². The third-order valence-corrected chi connectivity index (χ3v) is 3.52. The molecule has 0 aromatic heterocycles. The molecular formula is C15H23BrN2O3. The summed E-state index contributed by atoms with van der Waals surface area (Å²) in [5.74, 6) is 0.670. The molecule has 0 saturated heterocycles. The number of aliphatic hydroxyl groups is 1. The van der Waals surface area contributed by atoms with Crippen molar-refractivity contribution in [1.82, 2.24) is 10.6 Å². The van der Waals surface area contributed by atoms with E-state index in [1.807, 2.05) is 38.1 Å². The molecule has 5 nitrogen and oxygen atoms in total. The number of hydrogen-bond donors (Lipinski definition) is 3. The van der Waals surface area contributed by atoms with Crippen molar-refractivity contribution in [2.75, 3.05) is 26.7 Å². The van der Waals surface area contributed by atoms with Crippen molar-refractivity contribution in [1.29, 1.82) is 0 Å². The van der Waals surface area contributed by atoms with E-state index in [2.05, 4.69) is 26.6 Å². The lowest BCUT2D eigenvalue weighted by Crippen LogP contribution is -2.44. The van der Waals surface area contributed by atoms with Gasteiger partial charge in [0.25, 0.3) is 0 Å². The molecule has 0 bridgehead atoms. The maximum atomic E-state index is 11.6. The van der Waals surface area contributed by atoms with E-state index in [-0.39, 0.29) is 12.5 Å². The second-order valence-electron chi connectivity index (χ2n) is 5.52. The van der Waals surface area contributed by atoms with E-state index in [9.17, 15) is 9.90 Å². The van der Waals surface area contributed by atoms with Gasteiger partial charge in [-0.3, -0.25) is 4.79 Å². The molecule has 1 rings (SSSR count). The lowest BCUT2D eigenvalue weighted by Gasteiger charge is -2.23. The molecule has 0 heterocycles. The van der Waals surface area contributed by atoms with Crippen molar-refractivity contribution in [2.45, 2.75) is 20.0 Å². The molecule has 0 aliphatic rings. The normalized spacial score (nSPS) is 12.8. The van der Waals surface area contributed by atoms with Gasteiger partial charge in [0.1, 0.15) is 18.5 Å². The van der Waals surface area contributed by atoms with E-state index in [4.69, 9.17) is 4.74 Å². The van der Waals surface area contributed by atoms with Crippen LogP contribution in [0, 0.1) is 5.41 Å². The number of rotatable bonds is 8. The maximum Gasteiger partial charge on any atom is 0.226 e. The van der Waals surface area contributed by atoms with Gasteiger partial charge in [0, 0.05) is 24.6 Å². The Kier molecular flexibility index (Phi) is 7.14. The topological polar surface area (TPSA) is 70.6 Å². The zero-order valence-electron chi connectivity index (χ0n) is 12.6. The molecule has 1 unspecified atom stereocenters. The lowest BCUT2D eigenvalue weighted by atomic mass is 9.92. The number of amides is 1. The van der Waals surface area contributed by atoms with Crippen molar-refractivity contribution in [3.05, 3.63) is 28.7 Å². The SMILES string of the molecule is CNC(=O)C(C)(C)CNCC(O)COc1cccc(Br)c1. The van der Waals surface area contributed by atoms with Gasteiger partial charge in [0.05, 0.1) is 5.41 Å². The van der Waals surface area contributed by atoms with Crippen molar-refractivity contribution >= 4 is 21.8 Å². The molecule has 6 heteroatoms. The number of benzene rings is 1. The van der Waals surface area contributed by atoms with Gasteiger partial charge in [-0.2, -0.15) is 0 Å². The molecule has 1 atom stereocenters. The number of aliphatic hydroxyl groups excluding tert-OH is 1. The molecule has 0 saturated carbocycles. The average Bonchev–Trinajstić information content (AvgIpc) is 2.44. The first-order chi connectivity index (χ1) is 9.85. The van der Waals surface area contributed by atoms with Crippen molar-refractivity contribution in [2.24, 2.45) is 5.41 Å². The minimum absolute atomic E-state index is 0.0325. The summed E-state index contributed by atoms with van der Waals surface area (Å²) >= 11 is 3.36. The highest BCUT2D eigenvalue weighted by Crippen LogP contribution is 2.17. The Balaban J connectivity index is 2.28. The molecular weight excluding hydrogens is 336 g/mol. The molecule has 0 radical (unpaired) electrons. The first kappa shape index (κ1) is 17.9. The zero-order chi connectivity index (χ0) is 15.9. The third-order valence-electron chi connectivity index (χ3n) is 3.03. The van der Waals surface area contributed by atoms with Gasteiger partial charge >= 0.3 is 0 Å². The summed E-state index contributed by atoms with van der Waals surface area (Å²) < 4.78 is 6.43. The Morgan fingerprint density at radius 1 is 1.48 bits per heavy atom. The first-order valence-corrected chi connectivity index (χ1v) is 7.64. The quantitative estimate of drug-likeness (QED) is 0.659. The van der Waals surface area contributed by atoms with Crippen LogP contribution in [0.15, 0.2) is 28.7 Å². The third kappa shape index (κ3) is 6.46. The summed E-state index contributed by atoms with van der Waals surface area (Å²) in [6, 6.07) is 7.45. The summed E-state index contributed by atoms with van der Waals surface area (Å²) in [5.41, 5.74) is -0.514. The van der Waals surface area contributed by atoms with Crippen LogP contribution in [0.3, 0.4) is 0 Å². The van der Waals surface area contributed by atoms with Crippen LogP contribution >= 0.6 is 15.9 Å². The van der Waals surface area contributed by atoms with Crippen LogP contribution in [-0.2, 0) is 4.79 Å². The number of nitrogens with one attached hydrogen (secondary N) is 2. The van der Waals surface area contributed by atoms with Gasteiger partial charge in [-0.15, -0.1) is 0 Å². The number of ether oxygens (including phenoxy) is 1. The second kappa shape index (κ2) is 8.36. The van der Waals surface area contributed by atoms with E-state index in [1.165, 1.54) is 0 Å². The zero-order valence-corrected chi connectivity index (χ0v) is 14.2. The molecule has 1 aromatic rings. The fourth-order valence-corrected chi connectivity index (χ4v) is 2.16. The minimum atomic E-state index is -0.635. The Labute approximate surface area is 134 Å². The summed E-state index contributed by atoms with van der Waals surface area (Å²) in [7, 11) is 1.62. The minimum Gasteiger partial charge on any atom is -0.491 e. The molecule has 3 N–H and O–H groups in total. The monoisotopic (exact) mass is 358 g/mol. The Bertz CT molecular complexity index is 466. The highest BCUT2D eigenvalue weighted by Gasteiger charge is 2.26. The van der Waals surface area contributed by atoms with Crippen LogP contribution in [0.25, 0.3) is 0 Å². The summed E-state index contributed by atoms with van der Waals surface area (Å²) in [6.07, 6.45) is -0.635. The number of hydrogen-bond acceptors (Lipinski definition) is 4. The van der Waals surface area contributed by atoms with Gasteiger partial charge in [-0.05, 0) is 32.0 Å². The van der Waals surface area contributed by atoms with Crippen LogP contribution in [0.4, 0.5) is 0 Å². The fourth-order valence-electron chi connectivity index (χ4n) is 1.78. The Morgan fingerprint density at radius 2 is 2.19 bits per heavy atom. The molecule has 0 aliphatic heterocycles. The van der Waals surface area contributed by atoms with Gasteiger partial charge in [-0.25, -0.2) is 0 Å². The summed E-state index contributed by atoms with van der Waals surface area (Å²) in [6.45, 7) is 4.76. The highest BCUT2D eigenvalue weighted by atomic mass is 79.9. The van der Waals surface area contributed by atoms with Crippen LogP contribution in [0.5, 0.6) is 5.75 Å². The lowest BCUT2D eigenvalue weighted by molar-refractivity contribution is -0.128. The van der Waals surface area contributed by atoms with Gasteiger partial charge in [-0.1, -0.05) is 22.0 Å². The summed E-state index contributed by atoms with van der Waals surface area (Å²) in [4.78, 5) is 11.6. The van der Waals surface area contributed by atoms with Crippen molar-refractivity contribution < 1.29 is 14.6 Å². The largest absolute Gasteiger partial charge is 0.491 e. The summed E-state index contributed by atoms with van der Waals surface area (Å²) in [5, 5.41) is 15.6. The van der Waals surface area contributed by atoms with Crippen molar-refractivity contribution in [3.8, 4) is 5.75 Å². The highest BCUT2D eigenvalue weighted by molar-refractivity contribution is 9.10. The fraction of sp³-hybridized carbons (Fsp3) is 0.533. The average molecular weight is 359 g/mol. The molecule has 1 aromatic carbocycles.